The molecule has 0 aliphatic rings. The van der Waals surface area contributed by atoms with E-state index in [-0.39, 0.29) is 0 Å². The molecule has 0 saturated heterocycles. The zero-order chi connectivity index (χ0) is 13.8. The van der Waals surface area contributed by atoms with E-state index in [0.717, 1.165) is 6.42 Å². The van der Waals surface area contributed by atoms with Crippen molar-refractivity contribution in [2.24, 2.45) is 0 Å². The highest BCUT2D eigenvalue weighted by Gasteiger charge is 1.95. The zero-order valence-electron chi connectivity index (χ0n) is 12.2. The molecule has 0 atom stereocenters. The highest BCUT2D eigenvalue weighted by Crippen LogP contribution is 2.13. The second kappa shape index (κ2) is 11.7. The first-order valence-electron chi connectivity index (χ1n) is 7.86. The van der Waals surface area contributed by atoms with Crippen LogP contribution in [0.5, 0.6) is 0 Å². The van der Waals surface area contributed by atoms with Crippen molar-refractivity contribution in [1.29, 1.82) is 0 Å². The van der Waals surface area contributed by atoms with Gasteiger partial charge in [0.2, 0.25) is 0 Å². The monoisotopic (exact) mass is 371 g/mol. The van der Waals surface area contributed by atoms with Crippen LogP contribution in [0.4, 0.5) is 0 Å². The van der Waals surface area contributed by atoms with Crippen LogP contribution in [0, 0.1) is 10.5 Å². The van der Waals surface area contributed by atoms with Gasteiger partial charge in [0.15, 0.2) is 0 Å². The second-order valence-corrected chi connectivity index (χ2v) is 6.66. The van der Waals surface area contributed by atoms with E-state index in [1.54, 1.807) is 0 Å². The highest BCUT2D eigenvalue weighted by atomic mass is 127. The molecule has 1 aromatic rings. The van der Waals surface area contributed by atoms with Crippen molar-refractivity contribution in [3.05, 3.63) is 40.3 Å². The van der Waals surface area contributed by atoms with Gasteiger partial charge in [0.1, 0.15) is 0 Å². The molecule has 1 heteroatoms. The summed E-state index contributed by atoms with van der Waals surface area (Å²) < 4.78 is 1.33. The van der Waals surface area contributed by atoms with Gasteiger partial charge in [-0.3, -0.25) is 0 Å². The minimum absolute atomic E-state index is 1.11. The third-order valence-corrected chi connectivity index (χ3v) is 4.35. The number of benzene rings is 1. The van der Waals surface area contributed by atoms with Crippen molar-refractivity contribution in [3.63, 3.8) is 0 Å². The summed E-state index contributed by atoms with van der Waals surface area (Å²) in [6.07, 6.45) is 14.9. The Morgan fingerprint density at radius 1 is 0.684 bits per heavy atom. The predicted octanol–water partition coefficient (Wildman–Crippen LogP) is 6.57. The molecule has 0 nitrogen and oxygen atoms in total. The van der Waals surface area contributed by atoms with Crippen molar-refractivity contribution in [2.75, 3.05) is 0 Å². The molecule has 0 aromatic heterocycles. The normalized spacial score (nSPS) is 10.8. The van der Waals surface area contributed by atoms with E-state index in [0.29, 0.717) is 0 Å². The van der Waals surface area contributed by atoms with Crippen LogP contribution in [-0.4, -0.2) is 0 Å². The Balaban J connectivity index is 1.87. The molecule has 0 spiro atoms. The standard InChI is InChI=1S/C18H28I/c1-2-3-4-5-6-7-8-9-10-11-12-17-13-15-18(19)16-14-17/h13-16H,1-12H2. The van der Waals surface area contributed by atoms with Crippen LogP contribution in [-0.2, 0) is 6.42 Å². The first kappa shape index (κ1) is 17.0. The molecule has 1 radical (unpaired) electrons. The highest BCUT2D eigenvalue weighted by molar-refractivity contribution is 14.1. The van der Waals surface area contributed by atoms with Gasteiger partial charge >= 0.3 is 0 Å². The zero-order valence-corrected chi connectivity index (χ0v) is 14.3. The lowest BCUT2D eigenvalue weighted by atomic mass is 10.0. The molecular formula is C18H28I. The van der Waals surface area contributed by atoms with Gasteiger partial charge in [-0.05, 0) is 53.1 Å². The lowest BCUT2D eigenvalue weighted by Crippen LogP contribution is -1.87. The van der Waals surface area contributed by atoms with Gasteiger partial charge in [-0.1, -0.05) is 76.8 Å². The number of halogens is 1. The maximum Gasteiger partial charge on any atom is 0.0130 e. The Bertz CT molecular complexity index is 302. The number of rotatable bonds is 11. The molecule has 1 aromatic carbocycles. The Morgan fingerprint density at radius 3 is 1.68 bits per heavy atom. The SMILES string of the molecule is [CH2]CCCCCCCCCCCc1ccc(I)cc1. The van der Waals surface area contributed by atoms with E-state index in [1.165, 1.54) is 73.3 Å². The minimum atomic E-state index is 1.11. The van der Waals surface area contributed by atoms with E-state index in [9.17, 15) is 0 Å². The molecule has 19 heavy (non-hydrogen) atoms. The smallest absolute Gasteiger partial charge is 0.0130 e. The number of aryl methyl sites for hydroxylation is 1. The molecule has 0 N–H and O–H groups in total. The van der Waals surface area contributed by atoms with E-state index in [2.05, 4.69) is 53.8 Å². The van der Waals surface area contributed by atoms with Crippen LogP contribution in [0.25, 0.3) is 0 Å². The van der Waals surface area contributed by atoms with Crippen LogP contribution < -0.4 is 0 Å². The average molecular weight is 371 g/mol. The Hall–Kier alpha value is -0.0500. The molecule has 0 unspecified atom stereocenters. The number of unbranched alkanes of at least 4 members (excludes halogenated alkanes) is 9. The lowest BCUT2D eigenvalue weighted by molar-refractivity contribution is 0.560. The van der Waals surface area contributed by atoms with Crippen molar-refractivity contribution < 1.29 is 0 Å². The minimum Gasteiger partial charge on any atom is -0.0580 e. The summed E-state index contributed by atoms with van der Waals surface area (Å²) in [6, 6.07) is 8.96. The molecular weight excluding hydrogens is 343 g/mol. The first-order chi connectivity index (χ1) is 9.33. The largest absolute Gasteiger partial charge is 0.0580 e. The van der Waals surface area contributed by atoms with Gasteiger partial charge in [0.25, 0.3) is 0 Å². The van der Waals surface area contributed by atoms with Gasteiger partial charge in [0, 0.05) is 3.57 Å². The Labute approximate surface area is 133 Å². The molecule has 0 aliphatic heterocycles. The summed E-state index contributed by atoms with van der Waals surface area (Å²) in [5.74, 6) is 0. The fourth-order valence-corrected chi connectivity index (χ4v) is 2.75. The van der Waals surface area contributed by atoms with E-state index in [4.69, 9.17) is 0 Å². The van der Waals surface area contributed by atoms with Crippen molar-refractivity contribution in [1.82, 2.24) is 0 Å². The van der Waals surface area contributed by atoms with E-state index in [1.807, 2.05) is 0 Å². The van der Waals surface area contributed by atoms with Gasteiger partial charge in [-0.2, -0.15) is 0 Å². The molecule has 0 heterocycles. The van der Waals surface area contributed by atoms with Gasteiger partial charge in [-0.25, -0.2) is 0 Å². The molecule has 0 aliphatic carbocycles. The summed E-state index contributed by atoms with van der Waals surface area (Å²) >= 11 is 2.36. The summed E-state index contributed by atoms with van der Waals surface area (Å²) in [7, 11) is 0. The summed E-state index contributed by atoms with van der Waals surface area (Å²) in [4.78, 5) is 0. The van der Waals surface area contributed by atoms with E-state index < -0.39 is 0 Å². The quantitative estimate of drug-likeness (QED) is 0.305. The number of hydrogen-bond acceptors (Lipinski definition) is 0. The maximum absolute atomic E-state index is 3.88. The molecule has 1 rings (SSSR count). The summed E-state index contributed by atoms with van der Waals surface area (Å²) in [5, 5.41) is 0. The number of hydrogen-bond donors (Lipinski definition) is 0. The fraction of sp³-hybridized carbons (Fsp3) is 0.611. The molecule has 0 saturated carbocycles. The first-order valence-corrected chi connectivity index (χ1v) is 8.94. The van der Waals surface area contributed by atoms with Crippen LogP contribution in [0.1, 0.15) is 69.8 Å². The van der Waals surface area contributed by atoms with E-state index >= 15 is 0 Å². The van der Waals surface area contributed by atoms with Crippen molar-refractivity contribution in [2.45, 2.75) is 70.6 Å². The third-order valence-electron chi connectivity index (χ3n) is 3.63. The van der Waals surface area contributed by atoms with Crippen LogP contribution in [0.3, 0.4) is 0 Å². The summed E-state index contributed by atoms with van der Waals surface area (Å²) in [5.41, 5.74) is 1.49. The van der Waals surface area contributed by atoms with Crippen LogP contribution >= 0.6 is 22.6 Å². The average Bonchev–Trinajstić information content (AvgIpc) is 2.43. The van der Waals surface area contributed by atoms with Gasteiger partial charge in [-0.15, -0.1) is 0 Å². The Morgan fingerprint density at radius 2 is 1.16 bits per heavy atom. The fourth-order valence-electron chi connectivity index (χ4n) is 2.39. The summed E-state index contributed by atoms with van der Waals surface area (Å²) in [6.45, 7) is 3.88. The maximum atomic E-state index is 3.88. The topological polar surface area (TPSA) is 0 Å². The Kier molecular flexibility index (Phi) is 10.5. The van der Waals surface area contributed by atoms with Crippen molar-refractivity contribution >= 4 is 22.6 Å². The molecule has 0 fully saturated rings. The molecule has 107 valence electrons. The van der Waals surface area contributed by atoms with Gasteiger partial charge < -0.3 is 0 Å². The third kappa shape index (κ3) is 9.48. The molecule has 0 bridgehead atoms. The van der Waals surface area contributed by atoms with Gasteiger partial charge in [0.05, 0.1) is 0 Å². The lowest BCUT2D eigenvalue weighted by Gasteiger charge is -2.03. The second-order valence-electron chi connectivity index (χ2n) is 5.41. The van der Waals surface area contributed by atoms with Crippen LogP contribution in [0.2, 0.25) is 0 Å². The van der Waals surface area contributed by atoms with Crippen molar-refractivity contribution in [3.8, 4) is 0 Å². The molecule has 0 amide bonds. The predicted molar refractivity (Wildman–Crippen MR) is 94.4 cm³/mol. The van der Waals surface area contributed by atoms with Crippen LogP contribution in [0.15, 0.2) is 24.3 Å².